The first-order valence-corrected chi connectivity index (χ1v) is 13.3. The number of rotatable bonds is 7. The fourth-order valence-electron chi connectivity index (χ4n) is 6.22. The van der Waals surface area contributed by atoms with Gasteiger partial charge in [0.25, 0.3) is 0 Å². The Balaban J connectivity index is 1.46. The van der Waals surface area contributed by atoms with Crippen molar-refractivity contribution in [3.05, 3.63) is 52.4 Å². The minimum Gasteiger partial charge on any atom is -0.341 e. The number of halogens is 5. The monoisotopic (exact) mass is 538 g/mol. The lowest BCUT2D eigenvalue weighted by atomic mass is 9.96. The number of nitrogens with zero attached hydrogens (tertiary/aromatic N) is 4. The topological polar surface area (TPSA) is 39.7 Å². The first kappa shape index (κ1) is 26.2. The van der Waals surface area contributed by atoms with Crippen LogP contribution in [0.2, 0.25) is 5.02 Å². The van der Waals surface area contributed by atoms with E-state index in [4.69, 9.17) is 11.6 Å². The summed E-state index contributed by atoms with van der Waals surface area (Å²) in [5.41, 5.74) is -0.0166. The molecule has 5 rings (SSSR count). The van der Waals surface area contributed by atoms with Crippen LogP contribution >= 0.6 is 11.6 Å². The molecular formula is C27H31ClF4N4O. The molecule has 5 nitrogen and oxygen atoms in total. The van der Waals surface area contributed by atoms with Crippen molar-refractivity contribution in [3.8, 4) is 0 Å². The van der Waals surface area contributed by atoms with Crippen molar-refractivity contribution in [2.75, 3.05) is 36.0 Å². The van der Waals surface area contributed by atoms with Crippen molar-refractivity contribution < 1.29 is 22.4 Å². The van der Waals surface area contributed by atoms with Crippen LogP contribution < -0.4 is 9.80 Å². The minimum atomic E-state index is -4.51. The van der Waals surface area contributed by atoms with Crippen LogP contribution in [0, 0.1) is 18.7 Å². The van der Waals surface area contributed by atoms with Crippen LogP contribution in [-0.2, 0) is 11.0 Å². The Hall–Kier alpha value is -2.39. The van der Waals surface area contributed by atoms with Crippen LogP contribution in [0.5, 0.6) is 0 Å². The number of alkyl halides is 3. The van der Waals surface area contributed by atoms with Crippen molar-refractivity contribution in [2.45, 2.75) is 63.7 Å². The van der Waals surface area contributed by atoms with E-state index in [9.17, 15) is 22.4 Å². The van der Waals surface area contributed by atoms with Gasteiger partial charge in [0.1, 0.15) is 17.7 Å². The van der Waals surface area contributed by atoms with Crippen LogP contribution in [0.4, 0.5) is 29.1 Å². The molecule has 3 aliphatic rings. The van der Waals surface area contributed by atoms with Gasteiger partial charge < -0.3 is 14.7 Å². The zero-order valence-electron chi connectivity index (χ0n) is 20.8. The number of hydrogen-bond acceptors (Lipinski definition) is 4. The Bertz CT molecular complexity index is 1150. The maximum Gasteiger partial charge on any atom is 0.416 e. The second-order valence-corrected chi connectivity index (χ2v) is 10.8. The molecule has 1 amide bonds. The fourth-order valence-corrected chi connectivity index (χ4v) is 6.40. The highest BCUT2D eigenvalue weighted by Gasteiger charge is 2.51. The Morgan fingerprint density at radius 2 is 1.92 bits per heavy atom. The molecule has 2 bridgehead atoms. The van der Waals surface area contributed by atoms with Crippen LogP contribution in [-0.4, -0.2) is 54.1 Å². The zero-order valence-corrected chi connectivity index (χ0v) is 21.5. The second kappa shape index (κ2) is 10.4. The summed E-state index contributed by atoms with van der Waals surface area (Å²) in [5.74, 6) is -0.564. The summed E-state index contributed by atoms with van der Waals surface area (Å²) in [6.45, 7) is 4.87. The van der Waals surface area contributed by atoms with E-state index in [1.54, 1.807) is 15.9 Å². The first-order chi connectivity index (χ1) is 17.6. The van der Waals surface area contributed by atoms with Gasteiger partial charge in [-0.25, -0.2) is 9.37 Å². The molecule has 0 radical (unpaired) electrons. The normalized spacial score (nSPS) is 23.7. The molecule has 1 aliphatic carbocycles. The lowest BCUT2D eigenvalue weighted by Gasteiger charge is -2.38. The summed E-state index contributed by atoms with van der Waals surface area (Å²) in [6, 6.07) is 5.64. The van der Waals surface area contributed by atoms with Crippen LogP contribution in [0.15, 0.2) is 30.3 Å². The van der Waals surface area contributed by atoms with E-state index in [0.717, 1.165) is 57.5 Å². The summed E-state index contributed by atoms with van der Waals surface area (Å²) < 4.78 is 54.7. The van der Waals surface area contributed by atoms with E-state index in [1.165, 1.54) is 31.9 Å². The van der Waals surface area contributed by atoms with Gasteiger partial charge in [-0.2, -0.15) is 13.2 Å². The van der Waals surface area contributed by atoms with Gasteiger partial charge in [0.15, 0.2) is 0 Å². The van der Waals surface area contributed by atoms with E-state index in [0.29, 0.717) is 12.2 Å². The second-order valence-electron chi connectivity index (χ2n) is 10.4. The molecular weight excluding hydrogens is 508 g/mol. The van der Waals surface area contributed by atoms with Crippen molar-refractivity contribution in [3.63, 3.8) is 0 Å². The molecule has 2 saturated heterocycles. The van der Waals surface area contributed by atoms with Gasteiger partial charge in [-0.3, -0.25) is 4.79 Å². The molecule has 0 N–H and O–H groups in total. The van der Waals surface area contributed by atoms with Crippen LogP contribution in [0.1, 0.15) is 49.8 Å². The third kappa shape index (κ3) is 5.43. The predicted octanol–water partition coefficient (Wildman–Crippen LogP) is 6.08. The van der Waals surface area contributed by atoms with E-state index in [1.807, 2.05) is 0 Å². The third-order valence-corrected chi connectivity index (χ3v) is 8.20. The number of fused-ring (bicyclic) bond motifs is 2. The molecule has 3 atom stereocenters. The smallest absolute Gasteiger partial charge is 0.341 e. The largest absolute Gasteiger partial charge is 0.416 e. The van der Waals surface area contributed by atoms with Gasteiger partial charge in [-0.05, 0) is 101 Å². The van der Waals surface area contributed by atoms with Gasteiger partial charge in [0.05, 0.1) is 10.6 Å². The summed E-state index contributed by atoms with van der Waals surface area (Å²) in [6.07, 6.45) is 0.929. The molecule has 1 saturated carbocycles. The number of aryl methyl sites for hydroxylation is 1. The average molecular weight is 539 g/mol. The molecule has 10 heteroatoms. The third-order valence-electron chi connectivity index (χ3n) is 7.91. The summed E-state index contributed by atoms with van der Waals surface area (Å²) in [5, 5.41) is -0.0742. The maximum absolute atomic E-state index is 14.2. The molecule has 2 aliphatic heterocycles. The number of benzene rings is 1. The Morgan fingerprint density at radius 3 is 2.62 bits per heavy atom. The van der Waals surface area contributed by atoms with Crippen molar-refractivity contribution in [2.24, 2.45) is 5.92 Å². The van der Waals surface area contributed by atoms with E-state index in [2.05, 4.69) is 9.88 Å². The molecule has 1 aromatic carbocycles. The van der Waals surface area contributed by atoms with Gasteiger partial charge in [-0.1, -0.05) is 11.6 Å². The number of amides is 1. The highest BCUT2D eigenvalue weighted by molar-refractivity contribution is 6.31. The number of piperidine rings is 1. The Morgan fingerprint density at radius 1 is 1.16 bits per heavy atom. The number of hydrogen-bond donors (Lipinski definition) is 0. The van der Waals surface area contributed by atoms with Gasteiger partial charge in [0, 0.05) is 24.0 Å². The van der Waals surface area contributed by atoms with Gasteiger partial charge in [-0.15, -0.1) is 0 Å². The molecule has 2 aromatic rings. The number of likely N-dealkylation sites (tertiary alicyclic amines) is 1. The fraction of sp³-hybridized carbons (Fsp3) is 0.556. The van der Waals surface area contributed by atoms with Crippen LogP contribution in [0.25, 0.3) is 0 Å². The molecule has 37 heavy (non-hydrogen) atoms. The number of aromatic nitrogens is 1. The van der Waals surface area contributed by atoms with Crippen molar-refractivity contribution >= 4 is 29.0 Å². The molecule has 1 aromatic heterocycles. The molecule has 200 valence electrons. The predicted molar refractivity (Wildman–Crippen MR) is 135 cm³/mol. The van der Waals surface area contributed by atoms with E-state index in [-0.39, 0.29) is 34.4 Å². The summed E-state index contributed by atoms with van der Waals surface area (Å²) in [4.78, 5) is 24.4. The quantitative estimate of drug-likeness (QED) is 0.401. The lowest BCUT2D eigenvalue weighted by Crippen LogP contribution is -2.53. The van der Waals surface area contributed by atoms with E-state index < -0.39 is 23.6 Å². The standard InChI is InChI=1S/C27H31ClF4N4O/c1-17-13-19(27(30,31)32)15-24(33-17)36-21-6-5-18(14-21)25(36)26(37)35(12-4-11-34-9-2-3-10-34)20-7-8-23(29)22(28)16-20/h7-8,13,15-16,18,21,25H,2-6,9-12,14H2,1H3/t18-,21+,25-/m0/s1. The average Bonchev–Trinajstić information content (AvgIpc) is 3.60. The Kier molecular flexibility index (Phi) is 7.38. The maximum atomic E-state index is 14.2. The van der Waals surface area contributed by atoms with E-state index >= 15 is 0 Å². The number of carbonyl (C=O) groups is 1. The molecule has 3 heterocycles. The number of carbonyl (C=O) groups excluding carboxylic acids is 1. The zero-order chi connectivity index (χ0) is 26.3. The molecule has 0 unspecified atom stereocenters. The summed E-state index contributed by atoms with van der Waals surface area (Å²) >= 11 is 6.08. The van der Waals surface area contributed by atoms with Gasteiger partial charge >= 0.3 is 6.18 Å². The highest BCUT2D eigenvalue weighted by Crippen LogP contribution is 2.46. The van der Waals surface area contributed by atoms with Crippen molar-refractivity contribution in [1.82, 2.24) is 9.88 Å². The highest BCUT2D eigenvalue weighted by atomic mass is 35.5. The van der Waals surface area contributed by atoms with Crippen LogP contribution in [0.3, 0.4) is 0 Å². The number of pyridine rings is 1. The van der Waals surface area contributed by atoms with Gasteiger partial charge in [0.2, 0.25) is 5.91 Å². The lowest BCUT2D eigenvalue weighted by molar-refractivity contribution is -0.137. The van der Waals surface area contributed by atoms with Crippen molar-refractivity contribution in [1.29, 1.82) is 0 Å². The first-order valence-electron chi connectivity index (χ1n) is 12.9. The molecule has 0 spiro atoms. The summed E-state index contributed by atoms with van der Waals surface area (Å²) in [7, 11) is 0. The Labute approximate surface area is 219 Å². The molecule has 3 fully saturated rings. The number of anilines is 2. The minimum absolute atomic E-state index is 0.0196. The SMILES string of the molecule is Cc1cc(C(F)(F)F)cc(N2[C@@H]3CC[C@@H](C3)[C@H]2C(=O)N(CCCN2CCCC2)c2ccc(F)c(Cl)c2)n1.